The van der Waals surface area contributed by atoms with E-state index in [4.69, 9.17) is 5.73 Å². The van der Waals surface area contributed by atoms with Crippen molar-refractivity contribution < 1.29 is 0 Å². The van der Waals surface area contributed by atoms with Gasteiger partial charge in [-0.3, -0.25) is 0 Å². The predicted molar refractivity (Wildman–Crippen MR) is 50.4 cm³/mol. The topological polar surface area (TPSA) is 56.7 Å². The third-order valence-electron chi connectivity index (χ3n) is 2.68. The summed E-state index contributed by atoms with van der Waals surface area (Å²) in [4.78, 5) is 1.68. The molecule has 1 heterocycles. The maximum atomic E-state index is 5.57. The Morgan fingerprint density at radius 2 is 2.38 bits per heavy atom. The molecule has 0 fully saturated rings. The molecule has 1 aliphatic rings. The van der Waals surface area contributed by atoms with Gasteiger partial charge in [0.05, 0.1) is 11.4 Å². The van der Waals surface area contributed by atoms with Crippen molar-refractivity contribution in [3.63, 3.8) is 0 Å². The highest BCUT2D eigenvalue weighted by molar-refractivity contribution is 5.17. The first-order valence-electron chi connectivity index (χ1n) is 4.91. The molecule has 1 aliphatic carbocycles. The quantitative estimate of drug-likeness (QED) is 0.724. The second-order valence-corrected chi connectivity index (χ2v) is 3.69. The van der Waals surface area contributed by atoms with Crippen molar-refractivity contribution in [2.45, 2.75) is 31.6 Å². The van der Waals surface area contributed by atoms with E-state index < -0.39 is 0 Å². The zero-order chi connectivity index (χ0) is 9.26. The lowest BCUT2D eigenvalue weighted by molar-refractivity contribution is 0.511. The smallest absolute Gasteiger partial charge is 0.0890 e. The molecule has 0 aliphatic heterocycles. The van der Waals surface area contributed by atoms with Crippen LogP contribution >= 0.6 is 0 Å². The third kappa shape index (κ3) is 1.58. The molecule has 0 bridgehead atoms. The molecule has 1 atom stereocenters. The highest BCUT2D eigenvalue weighted by Gasteiger charge is 2.23. The van der Waals surface area contributed by atoms with Gasteiger partial charge in [-0.2, -0.15) is 15.0 Å². The number of hydrogen-bond donors (Lipinski definition) is 1. The standard InChI is InChI=1S/C9H16N4/c1-13-11-8-4-2-3-7(5-6-10)9(8)12-13/h7H,2-6,10H2,1H3. The third-order valence-corrected chi connectivity index (χ3v) is 2.68. The van der Waals surface area contributed by atoms with Crippen molar-refractivity contribution in [2.24, 2.45) is 12.8 Å². The normalized spacial score (nSPS) is 21.5. The van der Waals surface area contributed by atoms with Crippen molar-refractivity contribution >= 4 is 0 Å². The first kappa shape index (κ1) is 8.69. The fourth-order valence-electron chi connectivity index (χ4n) is 2.09. The summed E-state index contributed by atoms with van der Waals surface area (Å²) >= 11 is 0. The van der Waals surface area contributed by atoms with Gasteiger partial charge in [-0.1, -0.05) is 0 Å². The van der Waals surface area contributed by atoms with E-state index in [2.05, 4.69) is 10.2 Å². The molecule has 2 N–H and O–H groups in total. The minimum Gasteiger partial charge on any atom is -0.330 e. The Labute approximate surface area is 78.1 Å². The Morgan fingerprint density at radius 3 is 3.15 bits per heavy atom. The maximum Gasteiger partial charge on any atom is 0.0890 e. The monoisotopic (exact) mass is 180 g/mol. The number of aryl methyl sites for hydroxylation is 2. The van der Waals surface area contributed by atoms with Gasteiger partial charge in [-0.25, -0.2) is 0 Å². The highest BCUT2D eigenvalue weighted by atomic mass is 15.5. The van der Waals surface area contributed by atoms with E-state index in [1.165, 1.54) is 24.2 Å². The summed E-state index contributed by atoms with van der Waals surface area (Å²) in [5.41, 5.74) is 7.95. The second kappa shape index (κ2) is 3.46. The Bertz CT molecular complexity index is 292. The molecule has 4 nitrogen and oxygen atoms in total. The molecule has 1 unspecified atom stereocenters. The molecule has 0 amide bonds. The zero-order valence-electron chi connectivity index (χ0n) is 8.03. The van der Waals surface area contributed by atoms with Crippen LogP contribution < -0.4 is 5.73 Å². The van der Waals surface area contributed by atoms with Gasteiger partial charge in [0.2, 0.25) is 0 Å². The van der Waals surface area contributed by atoms with Gasteiger partial charge in [0.25, 0.3) is 0 Å². The molecule has 0 saturated heterocycles. The van der Waals surface area contributed by atoms with Gasteiger partial charge in [0, 0.05) is 13.0 Å². The zero-order valence-corrected chi connectivity index (χ0v) is 8.03. The van der Waals surface area contributed by atoms with E-state index in [0.29, 0.717) is 5.92 Å². The molecular weight excluding hydrogens is 164 g/mol. The van der Waals surface area contributed by atoms with Crippen LogP contribution in [0, 0.1) is 0 Å². The van der Waals surface area contributed by atoms with Crippen LogP contribution in [0.2, 0.25) is 0 Å². The number of rotatable bonds is 2. The van der Waals surface area contributed by atoms with E-state index in [0.717, 1.165) is 19.4 Å². The Kier molecular flexibility index (Phi) is 2.31. The number of hydrogen-bond acceptors (Lipinski definition) is 3. The molecule has 0 aromatic carbocycles. The minimum absolute atomic E-state index is 0.558. The van der Waals surface area contributed by atoms with Crippen LogP contribution in [0.1, 0.15) is 36.6 Å². The molecule has 72 valence electrons. The summed E-state index contributed by atoms with van der Waals surface area (Å²) in [7, 11) is 1.89. The molecular formula is C9H16N4. The molecule has 0 radical (unpaired) electrons. The van der Waals surface area contributed by atoms with Crippen molar-refractivity contribution in [1.82, 2.24) is 15.0 Å². The van der Waals surface area contributed by atoms with Crippen LogP contribution in [0.25, 0.3) is 0 Å². The van der Waals surface area contributed by atoms with E-state index in [1.807, 2.05) is 7.05 Å². The van der Waals surface area contributed by atoms with E-state index in [9.17, 15) is 0 Å². The lowest BCUT2D eigenvalue weighted by atomic mass is 9.88. The fraction of sp³-hybridized carbons (Fsp3) is 0.778. The van der Waals surface area contributed by atoms with Gasteiger partial charge < -0.3 is 5.73 Å². The van der Waals surface area contributed by atoms with Crippen LogP contribution in [0.3, 0.4) is 0 Å². The Hall–Kier alpha value is -0.900. The summed E-state index contributed by atoms with van der Waals surface area (Å²) in [6, 6.07) is 0. The van der Waals surface area contributed by atoms with Crippen molar-refractivity contribution in [2.75, 3.05) is 6.54 Å². The Morgan fingerprint density at radius 1 is 1.54 bits per heavy atom. The van der Waals surface area contributed by atoms with Crippen molar-refractivity contribution in [3.8, 4) is 0 Å². The molecule has 2 rings (SSSR count). The lowest BCUT2D eigenvalue weighted by Crippen LogP contribution is -2.13. The first-order chi connectivity index (χ1) is 6.31. The van der Waals surface area contributed by atoms with Gasteiger partial charge in [0.15, 0.2) is 0 Å². The van der Waals surface area contributed by atoms with E-state index in [-0.39, 0.29) is 0 Å². The van der Waals surface area contributed by atoms with Gasteiger partial charge >= 0.3 is 0 Å². The van der Waals surface area contributed by atoms with E-state index in [1.54, 1.807) is 4.80 Å². The largest absolute Gasteiger partial charge is 0.330 e. The second-order valence-electron chi connectivity index (χ2n) is 3.69. The Balaban J connectivity index is 2.25. The summed E-state index contributed by atoms with van der Waals surface area (Å²) in [6.07, 6.45) is 4.59. The SMILES string of the molecule is Cn1nc2c(n1)C(CCN)CCC2. The van der Waals surface area contributed by atoms with Crippen LogP contribution in [0.15, 0.2) is 0 Å². The predicted octanol–water partition coefficient (Wildman–Crippen LogP) is 0.584. The maximum absolute atomic E-state index is 5.57. The average Bonchev–Trinajstić information content (AvgIpc) is 2.47. The molecule has 13 heavy (non-hydrogen) atoms. The van der Waals surface area contributed by atoms with E-state index >= 15 is 0 Å². The van der Waals surface area contributed by atoms with Crippen LogP contribution in [0.5, 0.6) is 0 Å². The molecule has 0 spiro atoms. The van der Waals surface area contributed by atoms with Crippen molar-refractivity contribution in [1.29, 1.82) is 0 Å². The van der Waals surface area contributed by atoms with Crippen LogP contribution in [-0.4, -0.2) is 21.5 Å². The van der Waals surface area contributed by atoms with Gasteiger partial charge in [-0.15, -0.1) is 0 Å². The molecule has 4 heteroatoms. The van der Waals surface area contributed by atoms with Gasteiger partial charge in [-0.05, 0) is 32.2 Å². The molecule has 1 aromatic rings. The minimum atomic E-state index is 0.558. The lowest BCUT2D eigenvalue weighted by Gasteiger charge is -2.18. The van der Waals surface area contributed by atoms with Crippen LogP contribution in [-0.2, 0) is 13.5 Å². The number of fused-ring (bicyclic) bond motifs is 1. The summed E-state index contributed by atoms with van der Waals surface area (Å²) < 4.78 is 0. The number of nitrogens with zero attached hydrogens (tertiary/aromatic N) is 3. The highest BCUT2D eigenvalue weighted by Crippen LogP contribution is 2.30. The number of aromatic nitrogens is 3. The summed E-state index contributed by atoms with van der Waals surface area (Å²) in [5, 5.41) is 8.75. The van der Waals surface area contributed by atoms with Crippen molar-refractivity contribution in [3.05, 3.63) is 11.4 Å². The van der Waals surface area contributed by atoms with Crippen LogP contribution in [0.4, 0.5) is 0 Å². The fourth-order valence-corrected chi connectivity index (χ4v) is 2.09. The van der Waals surface area contributed by atoms with Gasteiger partial charge in [0.1, 0.15) is 0 Å². The first-order valence-corrected chi connectivity index (χ1v) is 4.91. The summed E-state index contributed by atoms with van der Waals surface area (Å²) in [5.74, 6) is 0.558. The molecule has 0 saturated carbocycles. The average molecular weight is 180 g/mol. The summed E-state index contributed by atoms with van der Waals surface area (Å²) in [6.45, 7) is 0.751. The molecule has 1 aromatic heterocycles. The number of nitrogens with two attached hydrogens (primary N) is 1.